The Balaban J connectivity index is 2.19. The van der Waals surface area contributed by atoms with Crippen molar-refractivity contribution < 1.29 is 13.2 Å². The molecule has 3 atom stereocenters. The van der Waals surface area contributed by atoms with E-state index in [9.17, 15) is 13.2 Å². The molecule has 3 heteroatoms. The molecule has 0 heterocycles. The molecule has 0 radical (unpaired) electrons. The first kappa shape index (κ1) is 12.5. The maximum atomic E-state index is 12.4. The lowest BCUT2D eigenvalue weighted by Crippen LogP contribution is -2.09. The van der Waals surface area contributed by atoms with E-state index >= 15 is 0 Å². The lowest BCUT2D eigenvalue weighted by molar-refractivity contribution is -0.137. The van der Waals surface area contributed by atoms with Crippen molar-refractivity contribution in [3.8, 4) is 0 Å². The first-order chi connectivity index (χ1) is 7.89. The zero-order chi connectivity index (χ0) is 12.6. The smallest absolute Gasteiger partial charge is 0.166 e. The molecule has 1 aliphatic rings. The van der Waals surface area contributed by atoms with E-state index < -0.39 is 11.7 Å². The van der Waals surface area contributed by atoms with Crippen molar-refractivity contribution in [3.05, 3.63) is 35.4 Å². The highest BCUT2D eigenvalue weighted by atomic mass is 19.4. The zero-order valence-electron chi connectivity index (χ0n) is 10.1. The van der Waals surface area contributed by atoms with E-state index in [1.807, 2.05) is 0 Å². The molecule has 94 valence electrons. The van der Waals surface area contributed by atoms with Gasteiger partial charge in [-0.3, -0.25) is 0 Å². The van der Waals surface area contributed by atoms with Gasteiger partial charge in [0.25, 0.3) is 0 Å². The second-order valence-corrected chi connectivity index (χ2v) is 5.14. The molecule has 0 spiro atoms. The first-order valence-corrected chi connectivity index (χ1v) is 6.06. The summed E-state index contributed by atoms with van der Waals surface area (Å²) in [5.41, 5.74) is 0.495. The van der Waals surface area contributed by atoms with Crippen LogP contribution in [0, 0.1) is 11.8 Å². The Kier molecular flexibility index (Phi) is 3.19. The highest BCUT2D eigenvalue weighted by molar-refractivity contribution is 5.28. The fraction of sp³-hybridized carbons (Fsp3) is 0.571. The Labute approximate surface area is 99.8 Å². The van der Waals surface area contributed by atoms with Crippen molar-refractivity contribution in [2.75, 3.05) is 0 Å². The zero-order valence-corrected chi connectivity index (χ0v) is 10.1. The maximum Gasteiger partial charge on any atom is 0.416 e. The van der Waals surface area contributed by atoms with Crippen LogP contribution in [-0.2, 0) is 6.18 Å². The third-order valence-corrected chi connectivity index (χ3v) is 4.13. The van der Waals surface area contributed by atoms with Crippen LogP contribution < -0.4 is 0 Å². The molecule has 17 heavy (non-hydrogen) atoms. The summed E-state index contributed by atoms with van der Waals surface area (Å²) < 4.78 is 37.3. The molecule has 1 aromatic carbocycles. The standard InChI is InChI=1S/C14H17F3/c1-9-3-8-13(10(9)2)11-4-6-12(7-5-11)14(15,16)17/h4-7,9-10,13H,3,8H2,1-2H3. The first-order valence-electron chi connectivity index (χ1n) is 6.06. The molecule has 0 nitrogen and oxygen atoms in total. The van der Waals surface area contributed by atoms with Crippen molar-refractivity contribution >= 4 is 0 Å². The molecule has 2 rings (SSSR count). The average molecular weight is 242 g/mol. The second kappa shape index (κ2) is 4.35. The number of halogens is 3. The van der Waals surface area contributed by atoms with E-state index in [0.717, 1.165) is 12.0 Å². The summed E-state index contributed by atoms with van der Waals surface area (Å²) in [6, 6.07) is 5.68. The molecule has 0 bridgehead atoms. The normalized spacial score (nSPS) is 29.6. The minimum Gasteiger partial charge on any atom is -0.166 e. The minimum atomic E-state index is -4.23. The maximum absolute atomic E-state index is 12.4. The topological polar surface area (TPSA) is 0 Å². The van der Waals surface area contributed by atoms with Gasteiger partial charge in [0.1, 0.15) is 0 Å². The predicted octanol–water partition coefficient (Wildman–Crippen LogP) is 4.86. The molecular formula is C14H17F3. The van der Waals surface area contributed by atoms with Crippen molar-refractivity contribution in [1.82, 2.24) is 0 Å². The number of alkyl halides is 3. The number of hydrogen-bond donors (Lipinski definition) is 0. The van der Waals surface area contributed by atoms with Crippen LogP contribution in [0.25, 0.3) is 0 Å². The van der Waals surface area contributed by atoms with Crippen LogP contribution in [0.5, 0.6) is 0 Å². The lowest BCUT2D eigenvalue weighted by Gasteiger charge is -2.19. The number of benzene rings is 1. The fourth-order valence-corrected chi connectivity index (χ4v) is 2.75. The van der Waals surface area contributed by atoms with Crippen LogP contribution in [0.1, 0.15) is 43.7 Å². The Morgan fingerprint density at radius 3 is 2.00 bits per heavy atom. The van der Waals surface area contributed by atoms with E-state index in [0.29, 0.717) is 17.8 Å². The van der Waals surface area contributed by atoms with Crippen LogP contribution >= 0.6 is 0 Å². The fourth-order valence-electron chi connectivity index (χ4n) is 2.75. The Hall–Kier alpha value is -0.990. The SMILES string of the molecule is CC1CCC(c2ccc(C(F)(F)F)cc2)C1C. The summed E-state index contributed by atoms with van der Waals surface area (Å²) in [5.74, 6) is 1.65. The van der Waals surface area contributed by atoms with Gasteiger partial charge in [-0.25, -0.2) is 0 Å². The monoisotopic (exact) mass is 242 g/mol. The van der Waals surface area contributed by atoms with Gasteiger partial charge in [-0.05, 0) is 48.3 Å². The largest absolute Gasteiger partial charge is 0.416 e. The van der Waals surface area contributed by atoms with E-state index in [4.69, 9.17) is 0 Å². The summed E-state index contributed by atoms with van der Waals surface area (Å²) in [6.07, 6.45) is -1.96. The van der Waals surface area contributed by atoms with Gasteiger partial charge in [-0.2, -0.15) is 13.2 Å². The summed E-state index contributed by atoms with van der Waals surface area (Å²) >= 11 is 0. The van der Waals surface area contributed by atoms with E-state index in [-0.39, 0.29) is 0 Å². The number of rotatable bonds is 1. The van der Waals surface area contributed by atoms with Gasteiger partial charge in [0.15, 0.2) is 0 Å². The van der Waals surface area contributed by atoms with Crippen LogP contribution in [0.4, 0.5) is 13.2 Å². The summed E-state index contributed by atoms with van der Waals surface area (Å²) in [6.45, 7) is 4.41. The predicted molar refractivity (Wildman–Crippen MR) is 61.7 cm³/mol. The van der Waals surface area contributed by atoms with Gasteiger partial charge in [0, 0.05) is 0 Å². The summed E-state index contributed by atoms with van der Waals surface area (Å²) in [4.78, 5) is 0. The van der Waals surface area contributed by atoms with E-state index in [1.54, 1.807) is 12.1 Å². The van der Waals surface area contributed by atoms with Crippen molar-refractivity contribution in [3.63, 3.8) is 0 Å². The van der Waals surface area contributed by atoms with Crippen LogP contribution in [0.3, 0.4) is 0 Å². The van der Waals surface area contributed by atoms with Gasteiger partial charge in [0.2, 0.25) is 0 Å². The molecule has 0 aromatic heterocycles. The quantitative estimate of drug-likeness (QED) is 0.660. The number of hydrogen-bond acceptors (Lipinski definition) is 0. The molecule has 1 saturated carbocycles. The van der Waals surface area contributed by atoms with Crippen molar-refractivity contribution in [2.45, 2.75) is 38.8 Å². The van der Waals surface area contributed by atoms with Crippen LogP contribution in [0.15, 0.2) is 24.3 Å². The Bertz CT molecular complexity index is 377. The summed E-state index contributed by atoms with van der Waals surface area (Å²) in [5, 5.41) is 0. The molecule has 1 aliphatic carbocycles. The Morgan fingerprint density at radius 1 is 1.00 bits per heavy atom. The highest BCUT2D eigenvalue weighted by Crippen LogP contribution is 2.43. The third-order valence-electron chi connectivity index (χ3n) is 4.13. The van der Waals surface area contributed by atoms with Crippen molar-refractivity contribution in [2.24, 2.45) is 11.8 Å². The molecule has 0 aliphatic heterocycles. The summed E-state index contributed by atoms with van der Waals surface area (Å²) in [7, 11) is 0. The van der Waals surface area contributed by atoms with Crippen LogP contribution in [-0.4, -0.2) is 0 Å². The highest BCUT2D eigenvalue weighted by Gasteiger charge is 2.33. The van der Waals surface area contributed by atoms with Crippen molar-refractivity contribution in [1.29, 1.82) is 0 Å². The van der Waals surface area contributed by atoms with Gasteiger partial charge >= 0.3 is 6.18 Å². The molecular weight excluding hydrogens is 225 g/mol. The van der Waals surface area contributed by atoms with Gasteiger partial charge in [-0.1, -0.05) is 26.0 Å². The lowest BCUT2D eigenvalue weighted by atomic mass is 9.87. The Morgan fingerprint density at radius 2 is 1.59 bits per heavy atom. The second-order valence-electron chi connectivity index (χ2n) is 5.14. The minimum absolute atomic E-state index is 0.423. The van der Waals surface area contributed by atoms with E-state index in [2.05, 4.69) is 13.8 Å². The molecule has 0 saturated heterocycles. The van der Waals surface area contributed by atoms with Gasteiger partial charge in [0.05, 0.1) is 5.56 Å². The van der Waals surface area contributed by atoms with E-state index in [1.165, 1.54) is 18.6 Å². The molecule has 1 fully saturated rings. The average Bonchev–Trinajstić information content (AvgIpc) is 2.59. The third kappa shape index (κ3) is 2.48. The van der Waals surface area contributed by atoms with Crippen LogP contribution in [0.2, 0.25) is 0 Å². The molecule has 3 unspecified atom stereocenters. The van der Waals surface area contributed by atoms with Gasteiger partial charge < -0.3 is 0 Å². The molecule has 0 N–H and O–H groups in total. The molecule has 0 amide bonds. The van der Waals surface area contributed by atoms with Gasteiger partial charge in [-0.15, -0.1) is 0 Å². The molecule has 1 aromatic rings.